The Hall–Kier alpha value is -4.30. The predicted molar refractivity (Wildman–Crippen MR) is 130 cm³/mol. The second-order valence-corrected chi connectivity index (χ2v) is 7.96. The standard InChI is InChI=1S/C26H23N5O3/c27-10-2-12-34-22-14-18(25(32)31-23-9-6-16-3-1-11-28-24(16)30-23)5-7-20(22)17-4-8-21-19(13-17)15-29-26(21)33/h1,3-9,11,13-14H,2,10,12,15,27H2,(H,29,33)(H,28,30,31,32). The maximum atomic E-state index is 13.0. The Morgan fingerprint density at radius 2 is 1.97 bits per heavy atom. The summed E-state index contributed by atoms with van der Waals surface area (Å²) >= 11 is 0. The van der Waals surface area contributed by atoms with Gasteiger partial charge in [0, 0.05) is 34.8 Å². The number of fused-ring (bicyclic) bond motifs is 2. The number of nitrogens with one attached hydrogen (secondary N) is 2. The number of pyridine rings is 2. The lowest BCUT2D eigenvalue weighted by Gasteiger charge is -2.14. The van der Waals surface area contributed by atoms with E-state index in [4.69, 9.17) is 10.5 Å². The van der Waals surface area contributed by atoms with E-state index in [2.05, 4.69) is 20.6 Å². The van der Waals surface area contributed by atoms with Crippen molar-refractivity contribution in [2.75, 3.05) is 18.5 Å². The molecule has 0 atom stereocenters. The van der Waals surface area contributed by atoms with Crippen LogP contribution in [0.1, 0.15) is 32.7 Å². The van der Waals surface area contributed by atoms with E-state index >= 15 is 0 Å². The lowest BCUT2D eigenvalue weighted by Crippen LogP contribution is -2.14. The molecule has 2 amide bonds. The van der Waals surface area contributed by atoms with Gasteiger partial charge in [0.15, 0.2) is 5.65 Å². The third-order valence-corrected chi connectivity index (χ3v) is 5.66. The smallest absolute Gasteiger partial charge is 0.256 e. The molecule has 8 heteroatoms. The zero-order chi connectivity index (χ0) is 23.5. The van der Waals surface area contributed by atoms with Gasteiger partial charge >= 0.3 is 0 Å². The summed E-state index contributed by atoms with van der Waals surface area (Å²) in [6, 6.07) is 18.4. The number of nitrogens with two attached hydrogens (primary N) is 1. The molecule has 0 saturated heterocycles. The van der Waals surface area contributed by atoms with Crippen molar-refractivity contribution in [3.8, 4) is 16.9 Å². The Kier molecular flexibility index (Phi) is 5.88. The van der Waals surface area contributed by atoms with Crippen molar-refractivity contribution in [3.05, 3.63) is 83.6 Å². The van der Waals surface area contributed by atoms with Gasteiger partial charge in [0.05, 0.1) is 6.61 Å². The van der Waals surface area contributed by atoms with Crippen molar-refractivity contribution >= 4 is 28.7 Å². The van der Waals surface area contributed by atoms with Crippen LogP contribution in [0.15, 0.2) is 66.9 Å². The van der Waals surface area contributed by atoms with Crippen LogP contribution in [0.5, 0.6) is 5.75 Å². The molecule has 4 aromatic rings. The number of rotatable bonds is 7. The van der Waals surface area contributed by atoms with E-state index < -0.39 is 0 Å². The normalized spacial score (nSPS) is 12.3. The summed E-state index contributed by atoms with van der Waals surface area (Å²) in [4.78, 5) is 33.5. The monoisotopic (exact) mass is 453 g/mol. The van der Waals surface area contributed by atoms with Gasteiger partial charge in [0.2, 0.25) is 0 Å². The van der Waals surface area contributed by atoms with Crippen LogP contribution in [0, 0.1) is 0 Å². The van der Waals surface area contributed by atoms with Gasteiger partial charge in [0.1, 0.15) is 11.6 Å². The van der Waals surface area contributed by atoms with Gasteiger partial charge in [-0.2, -0.15) is 0 Å². The second-order valence-electron chi connectivity index (χ2n) is 7.96. The van der Waals surface area contributed by atoms with Crippen molar-refractivity contribution in [2.24, 2.45) is 5.73 Å². The van der Waals surface area contributed by atoms with Crippen molar-refractivity contribution < 1.29 is 14.3 Å². The maximum Gasteiger partial charge on any atom is 0.256 e. The van der Waals surface area contributed by atoms with Crippen LogP contribution < -0.4 is 21.1 Å². The highest BCUT2D eigenvalue weighted by molar-refractivity contribution is 6.05. The van der Waals surface area contributed by atoms with Crippen LogP contribution in [-0.4, -0.2) is 34.9 Å². The van der Waals surface area contributed by atoms with E-state index in [1.165, 1.54) is 0 Å². The zero-order valence-corrected chi connectivity index (χ0v) is 18.4. The Morgan fingerprint density at radius 3 is 2.85 bits per heavy atom. The molecule has 0 saturated carbocycles. The minimum Gasteiger partial charge on any atom is -0.493 e. The molecule has 5 rings (SSSR count). The van der Waals surface area contributed by atoms with Crippen molar-refractivity contribution in [1.82, 2.24) is 15.3 Å². The Labute approximate surface area is 196 Å². The molecular formula is C26H23N5O3. The summed E-state index contributed by atoms with van der Waals surface area (Å²) in [6.07, 6.45) is 2.35. The number of hydrogen-bond donors (Lipinski definition) is 3. The van der Waals surface area contributed by atoms with E-state index in [1.54, 1.807) is 24.4 Å². The average Bonchev–Trinajstić information content (AvgIpc) is 3.24. The number of carbonyl (C=O) groups is 2. The summed E-state index contributed by atoms with van der Waals surface area (Å²) in [5.41, 5.74) is 9.99. The number of ether oxygens (including phenoxy) is 1. The Balaban J connectivity index is 1.44. The maximum absolute atomic E-state index is 13.0. The largest absolute Gasteiger partial charge is 0.493 e. The number of benzene rings is 2. The van der Waals surface area contributed by atoms with Gasteiger partial charge in [-0.15, -0.1) is 0 Å². The lowest BCUT2D eigenvalue weighted by molar-refractivity contribution is 0.0964. The SMILES string of the molecule is NCCCOc1cc(C(=O)Nc2ccc3cccnc3n2)ccc1-c1ccc2c(c1)CNC2=O. The highest BCUT2D eigenvalue weighted by atomic mass is 16.5. The van der Waals surface area contributed by atoms with Crippen LogP contribution in [0.25, 0.3) is 22.2 Å². The fraction of sp³-hybridized carbons (Fsp3) is 0.154. The van der Waals surface area contributed by atoms with Crippen molar-refractivity contribution in [2.45, 2.75) is 13.0 Å². The van der Waals surface area contributed by atoms with E-state index in [0.29, 0.717) is 54.5 Å². The van der Waals surface area contributed by atoms with E-state index in [1.807, 2.05) is 42.5 Å². The fourth-order valence-corrected chi connectivity index (χ4v) is 3.90. The molecule has 0 radical (unpaired) electrons. The highest BCUT2D eigenvalue weighted by Gasteiger charge is 2.20. The molecule has 0 fully saturated rings. The molecule has 2 aromatic heterocycles. The van der Waals surface area contributed by atoms with E-state index in [9.17, 15) is 9.59 Å². The number of amides is 2. The zero-order valence-electron chi connectivity index (χ0n) is 18.4. The molecule has 170 valence electrons. The number of hydrogen-bond acceptors (Lipinski definition) is 6. The minimum absolute atomic E-state index is 0.0644. The summed E-state index contributed by atoms with van der Waals surface area (Å²) in [7, 11) is 0. The van der Waals surface area contributed by atoms with Gasteiger partial charge in [-0.3, -0.25) is 9.59 Å². The molecule has 8 nitrogen and oxygen atoms in total. The van der Waals surface area contributed by atoms with Gasteiger partial charge in [0.25, 0.3) is 11.8 Å². The van der Waals surface area contributed by atoms with Gasteiger partial charge in [-0.1, -0.05) is 6.07 Å². The van der Waals surface area contributed by atoms with Crippen molar-refractivity contribution in [1.29, 1.82) is 0 Å². The summed E-state index contributed by atoms with van der Waals surface area (Å²) < 4.78 is 6.00. The first-order valence-corrected chi connectivity index (χ1v) is 11.0. The molecule has 1 aliphatic heterocycles. The fourth-order valence-electron chi connectivity index (χ4n) is 3.90. The lowest BCUT2D eigenvalue weighted by atomic mass is 9.98. The predicted octanol–water partition coefficient (Wildman–Crippen LogP) is 3.52. The number of aromatic nitrogens is 2. The highest BCUT2D eigenvalue weighted by Crippen LogP contribution is 2.33. The van der Waals surface area contributed by atoms with Crippen LogP contribution in [0.4, 0.5) is 5.82 Å². The molecule has 0 unspecified atom stereocenters. The van der Waals surface area contributed by atoms with Crippen LogP contribution in [0.2, 0.25) is 0 Å². The summed E-state index contributed by atoms with van der Waals surface area (Å²) in [6.45, 7) is 1.43. The van der Waals surface area contributed by atoms with Gasteiger partial charge < -0.3 is 21.1 Å². The minimum atomic E-state index is -0.304. The van der Waals surface area contributed by atoms with E-state index in [-0.39, 0.29) is 11.8 Å². The number of nitrogens with zero attached hydrogens (tertiary/aromatic N) is 2. The Bertz CT molecular complexity index is 1400. The molecule has 0 aliphatic carbocycles. The first-order chi connectivity index (χ1) is 16.6. The number of anilines is 1. The summed E-state index contributed by atoms with van der Waals surface area (Å²) in [5.74, 6) is 0.625. The Morgan fingerprint density at radius 1 is 1.09 bits per heavy atom. The first kappa shape index (κ1) is 21.5. The number of carbonyl (C=O) groups excluding carboxylic acids is 2. The molecule has 1 aliphatic rings. The van der Waals surface area contributed by atoms with Crippen molar-refractivity contribution in [3.63, 3.8) is 0 Å². The van der Waals surface area contributed by atoms with Crippen LogP contribution >= 0.6 is 0 Å². The van der Waals surface area contributed by atoms with Crippen LogP contribution in [0.3, 0.4) is 0 Å². The third-order valence-electron chi connectivity index (χ3n) is 5.66. The molecule has 0 spiro atoms. The summed E-state index contributed by atoms with van der Waals surface area (Å²) in [5, 5.41) is 6.56. The molecule has 0 bridgehead atoms. The van der Waals surface area contributed by atoms with E-state index in [0.717, 1.165) is 22.1 Å². The topological polar surface area (TPSA) is 119 Å². The first-order valence-electron chi connectivity index (χ1n) is 11.0. The second kappa shape index (κ2) is 9.29. The third kappa shape index (κ3) is 4.31. The van der Waals surface area contributed by atoms with Crippen LogP contribution in [-0.2, 0) is 6.54 Å². The average molecular weight is 454 g/mol. The molecular weight excluding hydrogens is 430 g/mol. The molecule has 3 heterocycles. The van der Waals surface area contributed by atoms with Gasteiger partial charge in [-0.25, -0.2) is 9.97 Å². The quantitative estimate of drug-likeness (QED) is 0.369. The molecule has 4 N–H and O–H groups in total. The van der Waals surface area contributed by atoms with Gasteiger partial charge in [-0.05, 0) is 78.7 Å². The molecule has 2 aromatic carbocycles. The molecule has 34 heavy (non-hydrogen) atoms.